The van der Waals surface area contributed by atoms with Crippen LogP contribution in [0.15, 0.2) is 24.3 Å². The predicted octanol–water partition coefficient (Wildman–Crippen LogP) is 1.57. The van der Waals surface area contributed by atoms with Gasteiger partial charge in [0, 0.05) is 31.0 Å². The van der Waals surface area contributed by atoms with Crippen LogP contribution in [-0.2, 0) is 4.79 Å². The summed E-state index contributed by atoms with van der Waals surface area (Å²) in [5.41, 5.74) is 0.660. The Morgan fingerprint density at radius 3 is 2.63 bits per heavy atom. The first-order valence-corrected chi connectivity index (χ1v) is 10.6. The third-order valence-corrected chi connectivity index (χ3v) is 7.10. The van der Waals surface area contributed by atoms with Gasteiger partial charge in [0.05, 0.1) is 19.3 Å². The molecule has 2 N–H and O–H groups in total. The van der Waals surface area contributed by atoms with Gasteiger partial charge in [-0.25, -0.2) is 0 Å². The van der Waals surface area contributed by atoms with Crippen LogP contribution in [0.2, 0.25) is 0 Å². The number of hydrogen-bond acceptors (Lipinski definition) is 3. The second-order valence-corrected chi connectivity index (χ2v) is 8.63. The molecule has 1 amide bonds. The summed E-state index contributed by atoms with van der Waals surface area (Å²) >= 11 is 0. The number of carbonyl (C=O) groups excluding carboxylic acids is 1. The standard InChI is InChI=1S/C22H32N2O3/c1-27-18-9-7-17(8-10-18)21-19-6-2-3-11-22(19,26)12-15-24(21)16-20(25)23-13-4-5-14-23/h7-10,19,21,26H,2-6,11-16H2,1H3/p+1/t19-,21+,22+/m0/s1. The molecule has 27 heavy (non-hydrogen) atoms. The van der Waals surface area contributed by atoms with E-state index in [0.717, 1.165) is 63.9 Å². The summed E-state index contributed by atoms with van der Waals surface area (Å²) in [6.07, 6.45) is 7.31. The first-order valence-electron chi connectivity index (χ1n) is 10.6. The van der Waals surface area contributed by atoms with Gasteiger partial charge in [-0.2, -0.15) is 0 Å². The van der Waals surface area contributed by atoms with Crippen LogP contribution < -0.4 is 9.64 Å². The number of amides is 1. The lowest BCUT2D eigenvalue weighted by Gasteiger charge is -2.50. The summed E-state index contributed by atoms with van der Waals surface area (Å²) < 4.78 is 5.32. The molecule has 2 heterocycles. The molecule has 2 aliphatic heterocycles. The molecule has 4 rings (SSSR count). The number of nitrogens with zero attached hydrogens (tertiary/aromatic N) is 1. The largest absolute Gasteiger partial charge is 0.497 e. The Morgan fingerprint density at radius 2 is 1.93 bits per heavy atom. The second kappa shape index (κ2) is 7.80. The first kappa shape index (κ1) is 18.8. The van der Waals surface area contributed by atoms with Crippen molar-refractivity contribution in [3.63, 3.8) is 0 Å². The van der Waals surface area contributed by atoms with E-state index in [0.29, 0.717) is 6.54 Å². The maximum absolute atomic E-state index is 12.9. The Kier molecular flexibility index (Phi) is 5.42. The van der Waals surface area contributed by atoms with Gasteiger partial charge in [0.25, 0.3) is 5.91 Å². The minimum Gasteiger partial charge on any atom is -0.497 e. The highest BCUT2D eigenvalue weighted by atomic mass is 16.5. The fourth-order valence-corrected chi connectivity index (χ4v) is 5.60. The zero-order valence-corrected chi connectivity index (χ0v) is 16.5. The SMILES string of the molecule is COc1ccc([C@@H]2[C@@H]3CCCC[C@@]3(O)CC[NH+]2CC(=O)N2CCCC2)cc1. The molecule has 4 atom stereocenters. The molecule has 1 aliphatic carbocycles. The number of quaternary nitrogens is 1. The van der Waals surface area contributed by atoms with Crippen molar-refractivity contribution in [2.45, 2.75) is 56.6 Å². The van der Waals surface area contributed by atoms with E-state index in [4.69, 9.17) is 4.74 Å². The number of aliphatic hydroxyl groups is 1. The Labute approximate surface area is 162 Å². The van der Waals surface area contributed by atoms with Crippen molar-refractivity contribution < 1.29 is 19.5 Å². The number of hydrogen-bond donors (Lipinski definition) is 2. The number of ether oxygens (including phenoxy) is 1. The summed E-state index contributed by atoms with van der Waals surface area (Å²) in [5.74, 6) is 1.36. The van der Waals surface area contributed by atoms with Crippen molar-refractivity contribution in [3.05, 3.63) is 29.8 Å². The van der Waals surface area contributed by atoms with Crippen molar-refractivity contribution in [2.24, 2.45) is 5.92 Å². The molecule has 1 aromatic carbocycles. The molecular formula is C22H33N2O3+. The van der Waals surface area contributed by atoms with Gasteiger partial charge in [-0.05, 0) is 49.9 Å². The lowest BCUT2D eigenvalue weighted by Crippen LogP contribution is -3.16. The van der Waals surface area contributed by atoms with Crippen molar-refractivity contribution in [1.29, 1.82) is 0 Å². The van der Waals surface area contributed by atoms with Gasteiger partial charge in [0.15, 0.2) is 6.54 Å². The van der Waals surface area contributed by atoms with E-state index in [9.17, 15) is 9.90 Å². The van der Waals surface area contributed by atoms with Crippen LogP contribution in [0.1, 0.15) is 56.6 Å². The highest BCUT2D eigenvalue weighted by Crippen LogP contribution is 2.44. The fraction of sp³-hybridized carbons (Fsp3) is 0.682. The molecule has 0 radical (unpaired) electrons. The Bertz CT molecular complexity index is 656. The van der Waals surface area contributed by atoms with E-state index >= 15 is 0 Å². The number of likely N-dealkylation sites (tertiary alicyclic amines) is 2. The molecular weight excluding hydrogens is 340 g/mol. The van der Waals surface area contributed by atoms with E-state index < -0.39 is 5.60 Å². The van der Waals surface area contributed by atoms with Crippen molar-refractivity contribution >= 4 is 5.91 Å². The number of fused-ring (bicyclic) bond motifs is 1. The third kappa shape index (κ3) is 3.72. The van der Waals surface area contributed by atoms with E-state index in [-0.39, 0.29) is 17.9 Å². The van der Waals surface area contributed by atoms with E-state index in [1.54, 1.807) is 7.11 Å². The van der Waals surface area contributed by atoms with Gasteiger partial charge >= 0.3 is 0 Å². The normalized spacial score (nSPS) is 33.6. The molecule has 148 valence electrons. The van der Waals surface area contributed by atoms with Crippen LogP contribution in [0.25, 0.3) is 0 Å². The number of piperidine rings is 1. The quantitative estimate of drug-likeness (QED) is 0.842. The summed E-state index contributed by atoms with van der Waals surface area (Å²) in [6.45, 7) is 3.23. The summed E-state index contributed by atoms with van der Waals surface area (Å²) in [5, 5.41) is 11.4. The smallest absolute Gasteiger partial charge is 0.277 e. The van der Waals surface area contributed by atoms with Crippen molar-refractivity contribution in [1.82, 2.24) is 4.90 Å². The van der Waals surface area contributed by atoms with Crippen LogP contribution in [0, 0.1) is 5.92 Å². The Morgan fingerprint density at radius 1 is 1.19 bits per heavy atom. The maximum atomic E-state index is 12.9. The molecule has 1 aromatic rings. The van der Waals surface area contributed by atoms with E-state index in [1.807, 2.05) is 17.0 Å². The molecule has 1 saturated carbocycles. The van der Waals surface area contributed by atoms with Crippen LogP contribution in [0.5, 0.6) is 5.75 Å². The van der Waals surface area contributed by atoms with Crippen LogP contribution in [-0.4, -0.2) is 54.8 Å². The van der Waals surface area contributed by atoms with E-state index in [1.165, 1.54) is 16.9 Å². The van der Waals surface area contributed by atoms with Crippen molar-refractivity contribution in [3.8, 4) is 5.75 Å². The molecule has 1 unspecified atom stereocenters. The minimum absolute atomic E-state index is 0.182. The number of benzene rings is 1. The lowest BCUT2D eigenvalue weighted by molar-refractivity contribution is -0.938. The molecule has 0 bridgehead atoms. The van der Waals surface area contributed by atoms with Crippen LogP contribution >= 0.6 is 0 Å². The van der Waals surface area contributed by atoms with Gasteiger partial charge < -0.3 is 19.6 Å². The van der Waals surface area contributed by atoms with Gasteiger partial charge in [-0.15, -0.1) is 0 Å². The molecule has 0 spiro atoms. The zero-order chi connectivity index (χ0) is 18.9. The topological polar surface area (TPSA) is 54.2 Å². The maximum Gasteiger partial charge on any atom is 0.277 e. The van der Waals surface area contributed by atoms with Crippen molar-refractivity contribution in [2.75, 3.05) is 33.3 Å². The zero-order valence-electron chi connectivity index (χ0n) is 16.5. The van der Waals surface area contributed by atoms with Gasteiger partial charge in [0.1, 0.15) is 11.8 Å². The molecule has 5 heteroatoms. The Hall–Kier alpha value is -1.59. The summed E-state index contributed by atoms with van der Waals surface area (Å²) in [4.78, 5) is 16.2. The highest BCUT2D eigenvalue weighted by Gasteiger charge is 2.52. The number of nitrogens with one attached hydrogen (secondary N) is 1. The second-order valence-electron chi connectivity index (χ2n) is 8.63. The molecule has 3 fully saturated rings. The predicted molar refractivity (Wildman–Crippen MR) is 104 cm³/mol. The molecule has 5 nitrogen and oxygen atoms in total. The monoisotopic (exact) mass is 373 g/mol. The first-order chi connectivity index (χ1) is 13.1. The molecule has 3 aliphatic rings. The van der Waals surface area contributed by atoms with Crippen LogP contribution in [0.4, 0.5) is 0 Å². The molecule has 2 saturated heterocycles. The van der Waals surface area contributed by atoms with Gasteiger partial charge in [-0.1, -0.05) is 12.8 Å². The third-order valence-electron chi connectivity index (χ3n) is 7.10. The lowest BCUT2D eigenvalue weighted by atomic mass is 9.66. The minimum atomic E-state index is -0.566. The summed E-state index contributed by atoms with van der Waals surface area (Å²) in [6, 6.07) is 8.45. The fourth-order valence-electron chi connectivity index (χ4n) is 5.60. The van der Waals surface area contributed by atoms with Crippen LogP contribution in [0.3, 0.4) is 0 Å². The average molecular weight is 374 g/mol. The number of methoxy groups -OCH3 is 1. The number of carbonyl (C=O) groups is 1. The highest BCUT2D eigenvalue weighted by molar-refractivity contribution is 5.77. The average Bonchev–Trinajstić information content (AvgIpc) is 3.23. The summed E-state index contributed by atoms with van der Waals surface area (Å²) in [7, 11) is 1.68. The molecule has 0 aromatic heterocycles. The van der Waals surface area contributed by atoms with Gasteiger partial charge in [-0.3, -0.25) is 4.79 Å². The number of rotatable bonds is 4. The van der Waals surface area contributed by atoms with Gasteiger partial charge in [0.2, 0.25) is 0 Å². The van der Waals surface area contributed by atoms with E-state index in [2.05, 4.69) is 12.1 Å². The Balaban J connectivity index is 1.60.